The molecule has 2 nitrogen and oxygen atoms in total. The summed E-state index contributed by atoms with van der Waals surface area (Å²) < 4.78 is 5.55. The Labute approximate surface area is 87.4 Å². The van der Waals surface area contributed by atoms with E-state index in [1.54, 1.807) is 0 Å². The number of ether oxygens (including phenoxy) is 1. The molecule has 2 fully saturated rings. The van der Waals surface area contributed by atoms with E-state index in [0.717, 1.165) is 19.1 Å². The smallest absolute Gasteiger partial charge is 0.0700 e. The SMILES string of the molecule is C(CNC[C@@H]1CCCO1)CC1CCC1. The number of nitrogens with one attached hydrogen (secondary N) is 1. The first kappa shape index (κ1) is 10.4. The topological polar surface area (TPSA) is 21.3 Å². The van der Waals surface area contributed by atoms with Crippen LogP contribution >= 0.6 is 0 Å². The van der Waals surface area contributed by atoms with Crippen LogP contribution in [0, 0.1) is 5.92 Å². The van der Waals surface area contributed by atoms with Crippen LogP contribution in [0.5, 0.6) is 0 Å². The molecular formula is C12H23NO. The minimum atomic E-state index is 0.513. The van der Waals surface area contributed by atoms with E-state index in [4.69, 9.17) is 4.74 Å². The lowest BCUT2D eigenvalue weighted by Crippen LogP contribution is -2.27. The summed E-state index contributed by atoms with van der Waals surface area (Å²) in [5, 5.41) is 3.51. The Bertz CT molecular complexity index is 150. The summed E-state index contributed by atoms with van der Waals surface area (Å²) >= 11 is 0. The van der Waals surface area contributed by atoms with Gasteiger partial charge in [-0.2, -0.15) is 0 Å². The molecule has 2 heteroatoms. The molecule has 0 unspecified atom stereocenters. The summed E-state index contributed by atoms with van der Waals surface area (Å²) in [5.41, 5.74) is 0. The molecule has 2 aliphatic rings. The first-order valence-electron chi connectivity index (χ1n) is 6.27. The van der Waals surface area contributed by atoms with E-state index in [1.807, 2.05) is 0 Å². The van der Waals surface area contributed by atoms with Crippen LogP contribution in [-0.2, 0) is 4.74 Å². The number of hydrogen-bond acceptors (Lipinski definition) is 2. The van der Waals surface area contributed by atoms with Crippen LogP contribution in [0.25, 0.3) is 0 Å². The fraction of sp³-hybridized carbons (Fsp3) is 1.00. The van der Waals surface area contributed by atoms with Gasteiger partial charge in [0.1, 0.15) is 0 Å². The van der Waals surface area contributed by atoms with E-state index in [1.165, 1.54) is 51.5 Å². The van der Waals surface area contributed by atoms with Crippen LogP contribution in [0.2, 0.25) is 0 Å². The second-order valence-corrected chi connectivity index (χ2v) is 4.78. The molecule has 1 heterocycles. The molecule has 0 bridgehead atoms. The van der Waals surface area contributed by atoms with Crippen molar-refractivity contribution >= 4 is 0 Å². The molecule has 1 aliphatic heterocycles. The zero-order valence-electron chi connectivity index (χ0n) is 9.13. The highest BCUT2D eigenvalue weighted by Crippen LogP contribution is 2.30. The molecular weight excluding hydrogens is 174 g/mol. The van der Waals surface area contributed by atoms with Gasteiger partial charge in [-0.3, -0.25) is 0 Å². The van der Waals surface area contributed by atoms with E-state index in [9.17, 15) is 0 Å². The molecule has 0 aromatic heterocycles. The first-order chi connectivity index (χ1) is 6.95. The van der Waals surface area contributed by atoms with Crippen molar-refractivity contribution in [2.24, 2.45) is 5.92 Å². The third-order valence-corrected chi connectivity index (χ3v) is 3.59. The van der Waals surface area contributed by atoms with E-state index < -0.39 is 0 Å². The number of rotatable bonds is 6. The van der Waals surface area contributed by atoms with Gasteiger partial charge in [-0.15, -0.1) is 0 Å². The van der Waals surface area contributed by atoms with Gasteiger partial charge in [-0.1, -0.05) is 19.3 Å². The summed E-state index contributed by atoms with van der Waals surface area (Å²) in [7, 11) is 0. The van der Waals surface area contributed by atoms with Crippen LogP contribution in [-0.4, -0.2) is 25.8 Å². The molecule has 0 aromatic carbocycles. The van der Waals surface area contributed by atoms with Gasteiger partial charge in [-0.05, 0) is 38.1 Å². The largest absolute Gasteiger partial charge is 0.377 e. The highest BCUT2D eigenvalue weighted by Gasteiger charge is 2.17. The molecule has 82 valence electrons. The van der Waals surface area contributed by atoms with Gasteiger partial charge in [0, 0.05) is 13.2 Å². The molecule has 0 radical (unpaired) electrons. The van der Waals surface area contributed by atoms with Crippen molar-refractivity contribution in [2.45, 2.75) is 51.0 Å². The molecule has 1 N–H and O–H groups in total. The Kier molecular flexibility index (Phi) is 4.26. The van der Waals surface area contributed by atoms with Crippen LogP contribution in [0.15, 0.2) is 0 Å². The van der Waals surface area contributed by atoms with Gasteiger partial charge >= 0.3 is 0 Å². The molecule has 0 aromatic rings. The van der Waals surface area contributed by atoms with Crippen molar-refractivity contribution in [2.75, 3.05) is 19.7 Å². The van der Waals surface area contributed by atoms with Crippen molar-refractivity contribution < 1.29 is 4.74 Å². The van der Waals surface area contributed by atoms with Gasteiger partial charge < -0.3 is 10.1 Å². The standard InChI is InChI=1S/C12H23NO/c1-4-11(5-1)6-2-8-13-10-12-7-3-9-14-12/h11-13H,1-10H2/t12-/m0/s1. The fourth-order valence-electron chi connectivity index (χ4n) is 2.37. The van der Waals surface area contributed by atoms with Gasteiger partial charge in [0.05, 0.1) is 6.10 Å². The summed E-state index contributed by atoms with van der Waals surface area (Å²) in [4.78, 5) is 0. The number of hydrogen-bond donors (Lipinski definition) is 1. The predicted octanol–water partition coefficient (Wildman–Crippen LogP) is 2.34. The maximum absolute atomic E-state index is 5.55. The van der Waals surface area contributed by atoms with Crippen molar-refractivity contribution in [3.8, 4) is 0 Å². The Morgan fingerprint density at radius 1 is 1.14 bits per heavy atom. The lowest BCUT2D eigenvalue weighted by atomic mass is 9.82. The highest BCUT2D eigenvalue weighted by molar-refractivity contribution is 4.71. The van der Waals surface area contributed by atoms with Crippen LogP contribution < -0.4 is 5.32 Å². The fourth-order valence-corrected chi connectivity index (χ4v) is 2.37. The summed E-state index contributed by atoms with van der Waals surface area (Å²) in [6, 6.07) is 0. The van der Waals surface area contributed by atoms with Crippen LogP contribution in [0.4, 0.5) is 0 Å². The van der Waals surface area contributed by atoms with Gasteiger partial charge in [0.15, 0.2) is 0 Å². The molecule has 1 saturated carbocycles. The third-order valence-electron chi connectivity index (χ3n) is 3.59. The van der Waals surface area contributed by atoms with Crippen molar-refractivity contribution in [3.63, 3.8) is 0 Å². The normalized spacial score (nSPS) is 27.9. The zero-order chi connectivity index (χ0) is 9.64. The van der Waals surface area contributed by atoms with Gasteiger partial charge in [0.2, 0.25) is 0 Å². The Morgan fingerprint density at radius 3 is 2.71 bits per heavy atom. The Balaban J connectivity index is 1.39. The zero-order valence-corrected chi connectivity index (χ0v) is 9.13. The molecule has 14 heavy (non-hydrogen) atoms. The first-order valence-corrected chi connectivity index (χ1v) is 6.27. The average Bonchev–Trinajstić information content (AvgIpc) is 2.60. The minimum absolute atomic E-state index is 0.513. The van der Waals surface area contributed by atoms with Gasteiger partial charge in [-0.25, -0.2) is 0 Å². The molecule has 1 atom stereocenters. The van der Waals surface area contributed by atoms with Crippen molar-refractivity contribution in [3.05, 3.63) is 0 Å². The van der Waals surface area contributed by atoms with E-state index in [2.05, 4.69) is 5.32 Å². The quantitative estimate of drug-likeness (QED) is 0.660. The Hall–Kier alpha value is -0.0800. The molecule has 0 spiro atoms. The molecule has 2 rings (SSSR count). The Morgan fingerprint density at radius 2 is 2.07 bits per heavy atom. The summed E-state index contributed by atoms with van der Waals surface area (Å²) in [5.74, 6) is 1.07. The molecule has 1 aliphatic carbocycles. The van der Waals surface area contributed by atoms with E-state index in [0.29, 0.717) is 6.10 Å². The van der Waals surface area contributed by atoms with Crippen LogP contribution in [0.3, 0.4) is 0 Å². The summed E-state index contributed by atoms with van der Waals surface area (Å²) in [6.07, 6.45) is 10.3. The summed E-state index contributed by atoms with van der Waals surface area (Å²) in [6.45, 7) is 3.25. The van der Waals surface area contributed by atoms with E-state index in [-0.39, 0.29) is 0 Å². The highest BCUT2D eigenvalue weighted by atomic mass is 16.5. The monoisotopic (exact) mass is 197 g/mol. The maximum Gasteiger partial charge on any atom is 0.0700 e. The molecule has 0 amide bonds. The minimum Gasteiger partial charge on any atom is -0.377 e. The lowest BCUT2D eigenvalue weighted by molar-refractivity contribution is 0.110. The third kappa shape index (κ3) is 3.25. The second-order valence-electron chi connectivity index (χ2n) is 4.78. The van der Waals surface area contributed by atoms with Crippen LogP contribution in [0.1, 0.15) is 44.9 Å². The van der Waals surface area contributed by atoms with E-state index >= 15 is 0 Å². The van der Waals surface area contributed by atoms with Crippen molar-refractivity contribution in [1.29, 1.82) is 0 Å². The predicted molar refractivity (Wildman–Crippen MR) is 58.4 cm³/mol. The maximum atomic E-state index is 5.55. The molecule has 1 saturated heterocycles. The van der Waals surface area contributed by atoms with Gasteiger partial charge in [0.25, 0.3) is 0 Å². The van der Waals surface area contributed by atoms with Crippen molar-refractivity contribution in [1.82, 2.24) is 5.32 Å². The second kappa shape index (κ2) is 5.72. The average molecular weight is 197 g/mol. The lowest BCUT2D eigenvalue weighted by Gasteiger charge is -2.25.